The first-order valence-electron chi connectivity index (χ1n) is 11.1. The molecule has 0 amide bonds. The van der Waals surface area contributed by atoms with Crippen molar-refractivity contribution in [2.75, 3.05) is 61.6 Å². The maximum Gasteiger partial charge on any atom is 0.222 e. The number of aryl methyl sites for hydroxylation is 1. The Morgan fingerprint density at radius 2 is 2.03 bits per heavy atom. The molecule has 1 aromatic carbocycles. The Kier molecular flexibility index (Phi) is 5.67. The summed E-state index contributed by atoms with van der Waals surface area (Å²) < 4.78 is 11.6. The van der Waals surface area contributed by atoms with Crippen molar-refractivity contribution in [2.45, 2.75) is 32.2 Å². The maximum atomic E-state index is 6.87. The monoisotopic (exact) mass is 443 g/mol. The first-order valence-corrected chi connectivity index (χ1v) is 11.5. The van der Waals surface area contributed by atoms with Gasteiger partial charge in [-0.15, -0.1) is 0 Å². The summed E-state index contributed by atoms with van der Waals surface area (Å²) >= 11 is 6.87. The minimum Gasteiger partial charge on any atom is -0.381 e. The predicted octanol–water partition coefficient (Wildman–Crippen LogP) is 3.61. The number of anilines is 3. The van der Waals surface area contributed by atoms with E-state index in [4.69, 9.17) is 26.8 Å². The topological polar surface area (TPSA) is 76.7 Å². The van der Waals surface area contributed by atoms with Gasteiger partial charge in [0.15, 0.2) is 0 Å². The highest BCUT2D eigenvalue weighted by Crippen LogP contribution is 2.41. The molecule has 3 aliphatic rings. The molecule has 4 heterocycles. The molecular weight excluding hydrogens is 414 g/mol. The number of aromatic nitrogens is 2. The Morgan fingerprint density at radius 3 is 2.81 bits per heavy atom. The molecule has 0 aliphatic carbocycles. The van der Waals surface area contributed by atoms with Crippen LogP contribution in [0, 0.1) is 12.3 Å². The fourth-order valence-electron chi connectivity index (χ4n) is 5.14. The lowest BCUT2D eigenvalue weighted by Gasteiger charge is -2.32. The van der Waals surface area contributed by atoms with Gasteiger partial charge in [0.05, 0.1) is 19.3 Å². The first-order chi connectivity index (χ1) is 15.0. The number of hydrogen-bond donors (Lipinski definition) is 1. The van der Waals surface area contributed by atoms with Gasteiger partial charge in [-0.1, -0.05) is 17.7 Å². The van der Waals surface area contributed by atoms with E-state index in [0.29, 0.717) is 18.0 Å². The number of nitrogens with zero attached hydrogens (tertiary/aromatic N) is 4. The molecule has 3 saturated heterocycles. The van der Waals surface area contributed by atoms with Crippen LogP contribution in [0.2, 0.25) is 5.02 Å². The molecule has 8 heteroatoms. The van der Waals surface area contributed by atoms with E-state index in [2.05, 4.69) is 38.0 Å². The highest BCUT2D eigenvalue weighted by atomic mass is 35.5. The SMILES string of the molecule is Cc1cc(N2CCCOC[C@@H]2c2ccc(N3CCC4(CCOC4)C3)cc2Cl)nc(N)n1. The lowest BCUT2D eigenvalue weighted by molar-refractivity contribution is 0.134. The van der Waals surface area contributed by atoms with Crippen LogP contribution < -0.4 is 15.5 Å². The van der Waals surface area contributed by atoms with Crippen molar-refractivity contribution in [2.24, 2.45) is 5.41 Å². The van der Waals surface area contributed by atoms with Crippen LogP contribution in [-0.2, 0) is 9.47 Å². The molecule has 0 radical (unpaired) electrons. The van der Waals surface area contributed by atoms with Gasteiger partial charge < -0.3 is 25.0 Å². The van der Waals surface area contributed by atoms with Crippen LogP contribution in [0.5, 0.6) is 0 Å². The van der Waals surface area contributed by atoms with Gasteiger partial charge in [-0.3, -0.25) is 0 Å². The third kappa shape index (κ3) is 4.19. The van der Waals surface area contributed by atoms with Gasteiger partial charge in [0.1, 0.15) is 5.82 Å². The van der Waals surface area contributed by atoms with E-state index in [1.165, 1.54) is 12.1 Å². The smallest absolute Gasteiger partial charge is 0.222 e. The molecular formula is C23H30ClN5O2. The number of rotatable bonds is 3. The van der Waals surface area contributed by atoms with Crippen molar-refractivity contribution < 1.29 is 9.47 Å². The van der Waals surface area contributed by atoms with E-state index in [9.17, 15) is 0 Å². The highest BCUT2D eigenvalue weighted by molar-refractivity contribution is 6.31. The summed E-state index contributed by atoms with van der Waals surface area (Å²) in [6.45, 7) is 7.91. The average Bonchev–Trinajstić information content (AvgIpc) is 3.30. The summed E-state index contributed by atoms with van der Waals surface area (Å²) in [7, 11) is 0. The molecule has 3 aliphatic heterocycles. The molecule has 0 bridgehead atoms. The van der Waals surface area contributed by atoms with Crippen molar-refractivity contribution >= 4 is 29.1 Å². The minimum absolute atomic E-state index is 0.0223. The quantitative estimate of drug-likeness (QED) is 0.776. The molecule has 2 N–H and O–H groups in total. The molecule has 3 fully saturated rings. The second kappa shape index (κ2) is 8.45. The third-order valence-corrected chi connectivity index (χ3v) is 7.15. The van der Waals surface area contributed by atoms with Gasteiger partial charge in [0, 0.05) is 60.7 Å². The molecule has 2 atom stereocenters. The van der Waals surface area contributed by atoms with Crippen molar-refractivity contribution in [3.63, 3.8) is 0 Å². The summed E-state index contributed by atoms with van der Waals surface area (Å²) in [4.78, 5) is 13.4. The van der Waals surface area contributed by atoms with Crippen LogP contribution in [0.15, 0.2) is 24.3 Å². The molecule has 166 valence electrons. The van der Waals surface area contributed by atoms with Crippen LogP contribution in [0.1, 0.15) is 36.6 Å². The summed E-state index contributed by atoms with van der Waals surface area (Å²) in [6, 6.07) is 8.40. The number of ether oxygens (including phenoxy) is 2. The summed E-state index contributed by atoms with van der Waals surface area (Å²) in [5, 5.41) is 0.764. The third-order valence-electron chi connectivity index (χ3n) is 6.82. The molecule has 5 rings (SSSR count). The number of nitrogen functional groups attached to an aromatic ring is 1. The molecule has 0 saturated carbocycles. The van der Waals surface area contributed by atoms with Gasteiger partial charge in [0.25, 0.3) is 0 Å². The zero-order chi connectivity index (χ0) is 21.4. The Balaban J connectivity index is 1.42. The van der Waals surface area contributed by atoms with E-state index >= 15 is 0 Å². The number of nitrogens with two attached hydrogens (primary N) is 1. The fraction of sp³-hybridized carbons (Fsp3) is 0.565. The molecule has 1 unspecified atom stereocenters. The molecule has 1 spiro atoms. The van der Waals surface area contributed by atoms with Gasteiger partial charge in [-0.25, -0.2) is 4.98 Å². The summed E-state index contributed by atoms with van der Waals surface area (Å²) in [5.74, 6) is 1.11. The Labute approximate surface area is 188 Å². The largest absolute Gasteiger partial charge is 0.381 e. The van der Waals surface area contributed by atoms with E-state index < -0.39 is 0 Å². The van der Waals surface area contributed by atoms with E-state index in [1.54, 1.807) is 0 Å². The Bertz CT molecular complexity index is 929. The predicted molar refractivity (Wildman–Crippen MR) is 123 cm³/mol. The van der Waals surface area contributed by atoms with Gasteiger partial charge in [0.2, 0.25) is 5.95 Å². The van der Waals surface area contributed by atoms with Gasteiger partial charge in [-0.05, 0) is 43.9 Å². The number of benzene rings is 1. The lowest BCUT2D eigenvalue weighted by Crippen LogP contribution is -2.32. The van der Waals surface area contributed by atoms with Gasteiger partial charge >= 0.3 is 0 Å². The molecule has 1 aromatic heterocycles. The number of hydrogen-bond acceptors (Lipinski definition) is 7. The van der Waals surface area contributed by atoms with Crippen molar-refractivity contribution in [1.82, 2.24) is 9.97 Å². The zero-order valence-electron chi connectivity index (χ0n) is 18.0. The van der Waals surface area contributed by atoms with Crippen LogP contribution in [0.4, 0.5) is 17.5 Å². The van der Waals surface area contributed by atoms with Crippen molar-refractivity contribution in [1.29, 1.82) is 0 Å². The second-order valence-electron chi connectivity index (χ2n) is 9.04. The Hall–Kier alpha value is -2.09. The lowest BCUT2D eigenvalue weighted by atomic mass is 9.87. The zero-order valence-corrected chi connectivity index (χ0v) is 18.8. The number of halogens is 1. The van der Waals surface area contributed by atoms with Crippen LogP contribution in [-0.4, -0.2) is 56.0 Å². The highest BCUT2D eigenvalue weighted by Gasteiger charge is 2.41. The van der Waals surface area contributed by atoms with Crippen LogP contribution >= 0.6 is 11.6 Å². The molecule has 7 nitrogen and oxygen atoms in total. The maximum absolute atomic E-state index is 6.87. The van der Waals surface area contributed by atoms with Crippen molar-refractivity contribution in [3.8, 4) is 0 Å². The summed E-state index contributed by atoms with van der Waals surface area (Å²) in [5.41, 5.74) is 9.35. The Morgan fingerprint density at radius 1 is 1.13 bits per heavy atom. The van der Waals surface area contributed by atoms with E-state index in [1.807, 2.05) is 13.0 Å². The second-order valence-corrected chi connectivity index (χ2v) is 9.45. The van der Waals surface area contributed by atoms with Crippen LogP contribution in [0.25, 0.3) is 0 Å². The molecule has 2 aromatic rings. The van der Waals surface area contributed by atoms with E-state index in [0.717, 1.165) is 74.4 Å². The van der Waals surface area contributed by atoms with Crippen molar-refractivity contribution in [3.05, 3.63) is 40.5 Å². The normalized spacial score (nSPS) is 26.6. The van der Waals surface area contributed by atoms with E-state index in [-0.39, 0.29) is 6.04 Å². The summed E-state index contributed by atoms with van der Waals surface area (Å²) in [6.07, 6.45) is 3.27. The standard InChI is InChI=1S/C23H30ClN5O2/c1-16-11-21(27-22(25)26-16)29-7-2-9-30-13-20(29)18-4-3-17(12-19(18)24)28-8-5-23(14-28)6-10-31-15-23/h3-4,11-12,20H,2,5-10,13-15H2,1H3,(H2,25,26,27)/t20-,23?/m1/s1. The first kappa shape index (κ1) is 20.8. The average molecular weight is 444 g/mol. The molecule has 31 heavy (non-hydrogen) atoms. The fourth-order valence-corrected chi connectivity index (χ4v) is 5.44. The van der Waals surface area contributed by atoms with Gasteiger partial charge in [-0.2, -0.15) is 4.98 Å². The van der Waals surface area contributed by atoms with Crippen LogP contribution in [0.3, 0.4) is 0 Å². The minimum atomic E-state index is -0.0223.